The number of hydrogen-bond acceptors (Lipinski definition) is 2. The zero-order chi connectivity index (χ0) is 13.2. The van der Waals surface area contributed by atoms with Gasteiger partial charge in [0.25, 0.3) is 0 Å². The van der Waals surface area contributed by atoms with Gasteiger partial charge in [-0.2, -0.15) is 0 Å². The monoisotopic (exact) mass is 322 g/mol. The standard InChI is InChI=1S/C16H23BrN2/c1-19(11-12-5-2-3-10-18-12)16-9-8-13-14(16)6-4-7-15(13)17/h4,6-7,12,16,18H,2-3,5,8-11H2,1H3. The van der Waals surface area contributed by atoms with Gasteiger partial charge < -0.3 is 5.32 Å². The molecule has 3 heteroatoms. The maximum Gasteiger partial charge on any atom is 0.0352 e. The summed E-state index contributed by atoms with van der Waals surface area (Å²) in [5, 5.41) is 3.66. The highest BCUT2D eigenvalue weighted by molar-refractivity contribution is 9.10. The van der Waals surface area contributed by atoms with Crippen molar-refractivity contribution in [2.45, 2.75) is 44.2 Å². The fourth-order valence-corrected chi connectivity index (χ4v) is 4.18. The van der Waals surface area contributed by atoms with Gasteiger partial charge in [0.05, 0.1) is 0 Å². The van der Waals surface area contributed by atoms with Crippen LogP contribution in [0.3, 0.4) is 0 Å². The zero-order valence-corrected chi connectivity index (χ0v) is 13.2. The molecule has 104 valence electrons. The summed E-state index contributed by atoms with van der Waals surface area (Å²) >= 11 is 3.69. The summed E-state index contributed by atoms with van der Waals surface area (Å²) < 4.78 is 1.29. The van der Waals surface area contributed by atoms with Crippen LogP contribution in [0.2, 0.25) is 0 Å². The fourth-order valence-electron chi connectivity index (χ4n) is 3.60. The van der Waals surface area contributed by atoms with Crippen LogP contribution < -0.4 is 5.32 Å². The molecule has 1 aliphatic heterocycles. The van der Waals surface area contributed by atoms with Crippen LogP contribution in [0.5, 0.6) is 0 Å². The van der Waals surface area contributed by atoms with Crippen molar-refractivity contribution < 1.29 is 0 Å². The predicted molar refractivity (Wildman–Crippen MR) is 83.5 cm³/mol. The van der Waals surface area contributed by atoms with Gasteiger partial charge in [-0.1, -0.05) is 34.5 Å². The van der Waals surface area contributed by atoms with Crippen molar-refractivity contribution in [3.63, 3.8) is 0 Å². The molecule has 0 amide bonds. The molecule has 19 heavy (non-hydrogen) atoms. The molecule has 1 aromatic rings. The Balaban J connectivity index is 1.69. The molecule has 2 unspecified atom stereocenters. The van der Waals surface area contributed by atoms with E-state index in [9.17, 15) is 0 Å². The third-order valence-corrected chi connectivity index (χ3v) is 5.38. The highest BCUT2D eigenvalue weighted by Gasteiger charge is 2.28. The van der Waals surface area contributed by atoms with Crippen LogP contribution in [0.15, 0.2) is 22.7 Å². The van der Waals surface area contributed by atoms with E-state index in [0.717, 1.165) is 0 Å². The first kappa shape index (κ1) is 13.6. The summed E-state index contributed by atoms with van der Waals surface area (Å²) in [7, 11) is 2.29. The van der Waals surface area contributed by atoms with E-state index in [1.54, 1.807) is 0 Å². The second-order valence-electron chi connectivity index (χ2n) is 5.95. The fraction of sp³-hybridized carbons (Fsp3) is 0.625. The lowest BCUT2D eigenvalue weighted by molar-refractivity contribution is 0.203. The van der Waals surface area contributed by atoms with Crippen molar-refractivity contribution in [1.29, 1.82) is 0 Å². The number of benzene rings is 1. The summed E-state index contributed by atoms with van der Waals surface area (Å²) in [5.41, 5.74) is 3.06. The number of piperidine rings is 1. The first-order valence-electron chi connectivity index (χ1n) is 7.46. The summed E-state index contributed by atoms with van der Waals surface area (Å²) in [4.78, 5) is 2.56. The summed E-state index contributed by atoms with van der Waals surface area (Å²) in [6.07, 6.45) is 6.55. The SMILES string of the molecule is CN(CC1CCCCN1)C1CCc2c(Br)cccc21. The highest BCUT2D eigenvalue weighted by Crippen LogP contribution is 2.38. The molecular formula is C16H23BrN2. The number of rotatable bonds is 3. The third-order valence-electron chi connectivity index (χ3n) is 4.63. The van der Waals surface area contributed by atoms with Crippen molar-refractivity contribution in [1.82, 2.24) is 10.2 Å². The van der Waals surface area contributed by atoms with E-state index >= 15 is 0 Å². The Hall–Kier alpha value is -0.380. The van der Waals surface area contributed by atoms with Crippen LogP contribution in [-0.4, -0.2) is 31.1 Å². The Bertz CT molecular complexity index is 440. The van der Waals surface area contributed by atoms with Gasteiger partial charge in [0.2, 0.25) is 0 Å². The first-order valence-corrected chi connectivity index (χ1v) is 8.26. The minimum absolute atomic E-state index is 0.608. The molecule has 1 N–H and O–H groups in total. The maximum absolute atomic E-state index is 3.69. The quantitative estimate of drug-likeness (QED) is 0.916. The van der Waals surface area contributed by atoms with Gasteiger partial charge in [0.15, 0.2) is 0 Å². The molecule has 3 rings (SSSR count). The molecular weight excluding hydrogens is 300 g/mol. The summed E-state index contributed by atoms with van der Waals surface area (Å²) in [6, 6.07) is 7.95. The molecule has 1 aromatic carbocycles. The Labute approximate surface area is 124 Å². The average molecular weight is 323 g/mol. The lowest BCUT2D eigenvalue weighted by Crippen LogP contribution is -2.43. The molecule has 2 atom stereocenters. The molecule has 1 fully saturated rings. The van der Waals surface area contributed by atoms with Crippen molar-refractivity contribution in [2.24, 2.45) is 0 Å². The van der Waals surface area contributed by atoms with Crippen molar-refractivity contribution in [3.8, 4) is 0 Å². The smallest absolute Gasteiger partial charge is 0.0352 e. The number of likely N-dealkylation sites (N-methyl/N-ethyl adjacent to an activating group) is 1. The summed E-state index contributed by atoms with van der Waals surface area (Å²) in [5.74, 6) is 0. The number of halogens is 1. The Morgan fingerprint density at radius 1 is 1.32 bits per heavy atom. The van der Waals surface area contributed by atoms with Gasteiger partial charge in [0, 0.05) is 23.1 Å². The van der Waals surface area contributed by atoms with Gasteiger partial charge >= 0.3 is 0 Å². The lowest BCUT2D eigenvalue weighted by Gasteiger charge is -2.32. The maximum atomic E-state index is 3.69. The second kappa shape index (κ2) is 5.94. The normalized spacial score (nSPS) is 26.7. The lowest BCUT2D eigenvalue weighted by atomic mass is 10.0. The number of hydrogen-bond donors (Lipinski definition) is 1. The van der Waals surface area contributed by atoms with Gasteiger partial charge in [0.1, 0.15) is 0 Å². The van der Waals surface area contributed by atoms with Crippen LogP contribution >= 0.6 is 15.9 Å². The minimum Gasteiger partial charge on any atom is -0.313 e. The van der Waals surface area contributed by atoms with Gasteiger partial charge in [-0.25, -0.2) is 0 Å². The topological polar surface area (TPSA) is 15.3 Å². The third kappa shape index (κ3) is 2.88. The molecule has 1 saturated heterocycles. The molecule has 0 spiro atoms. The molecule has 2 aliphatic rings. The Morgan fingerprint density at radius 3 is 3.00 bits per heavy atom. The van der Waals surface area contributed by atoms with Gasteiger partial charge in [-0.15, -0.1) is 0 Å². The predicted octanol–water partition coefficient (Wildman–Crippen LogP) is 3.51. The molecule has 0 saturated carbocycles. The highest BCUT2D eigenvalue weighted by atomic mass is 79.9. The van der Waals surface area contributed by atoms with E-state index in [1.165, 1.54) is 60.8 Å². The molecule has 0 radical (unpaired) electrons. The Kier molecular flexibility index (Phi) is 4.25. The molecule has 2 nitrogen and oxygen atoms in total. The molecule has 0 aromatic heterocycles. The van der Waals surface area contributed by atoms with E-state index in [0.29, 0.717) is 12.1 Å². The van der Waals surface area contributed by atoms with Gasteiger partial charge in [-0.3, -0.25) is 4.90 Å². The molecule has 1 heterocycles. The summed E-state index contributed by atoms with van der Waals surface area (Å²) in [6.45, 7) is 2.38. The van der Waals surface area contributed by atoms with E-state index in [-0.39, 0.29) is 0 Å². The largest absolute Gasteiger partial charge is 0.313 e. The number of nitrogens with zero attached hydrogens (tertiary/aromatic N) is 1. The van der Waals surface area contributed by atoms with Crippen LogP contribution in [-0.2, 0) is 6.42 Å². The molecule has 0 bridgehead atoms. The van der Waals surface area contributed by atoms with Gasteiger partial charge in [-0.05, 0) is 56.5 Å². The average Bonchev–Trinajstić information content (AvgIpc) is 2.85. The first-order chi connectivity index (χ1) is 9.25. The van der Waals surface area contributed by atoms with E-state index in [1.807, 2.05) is 0 Å². The minimum atomic E-state index is 0.608. The number of fused-ring (bicyclic) bond motifs is 1. The van der Waals surface area contributed by atoms with E-state index in [2.05, 4.69) is 51.4 Å². The second-order valence-corrected chi connectivity index (χ2v) is 6.80. The molecule has 1 aliphatic carbocycles. The Morgan fingerprint density at radius 2 is 2.21 bits per heavy atom. The zero-order valence-electron chi connectivity index (χ0n) is 11.7. The van der Waals surface area contributed by atoms with Crippen LogP contribution in [0, 0.1) is 0 Å². The van der Waals surface area contributed by atoms with Crippen LogP contribution in [0.25, 0.3) is 0 Å². The van der Waals surface area contributed by atoms with Crippen LogP contribution in [0.1, 0.15) is 42.9 Å². The number of nitrogens with one attached hydrogen (secondary N) is 1. The van der Waals surface area contributed by atoms with Crippen molar-refractivity contribution in [2.75, 3.05) is 20.1 Å². The van der Waals surface area contributed by atoms with E-state index < -0.39 is 0 Å². The van der Waals surface area contributed by atoms with Crippen molar-refractivity contribution >= 4 is 15.9 Å². The van der Waals surface area contributed by atoms with Crippen molar-refractivity contribution in [3.05, 3.63) is 33.8 Å². The van der Waals surface area contributed by atoms with Crippen LogP contribution in [0.4, 0.5) is 0 Å². The van der Waals surface area contributed by atoms with E-state index in [4.69, 9.17) is 0 Å².